The van der Waals surface area contributed by atoms with Crippen LogP contribution in [0.4, 0.5) is 0 Å². The molecule has 0 radical (unpaired) electrons. The van der Waals surface area contributed by atoms with Gasteiger partial charge in [0.15, 0.2) is 0 Å². The molecule has 2 heterocycles. The van der Waals surface area contributed by atoms with Crippen molar-refractivity contribution in [1.29, 1.82) is 0 Å². The summed E-state index contributed by atoms with van der Waals surface area (Å²) in [5.41, 5.74) is 3.04. The highest BCUT2D eigenvalue weighted by atomic mass is 16.1. The smallest absolute Gasteiger partial charge is 0.251 e. The largest absolute Gasteiger partial charge is 0.349 e. The first-order chi connectivity index (χ1) is 12.1. The molecule has 1 saturated carbocycles. The zero-order valence-corrected chi connectivity index (χ0v) is 14.7. The molecule has 1 amide bonds. The number of hydrogen-bond acceptors (Lipinski definition) is 4. The molecular formula is C19H23N5O. The zero-order chi connectivity index (χ0) is 17.4. The fraction of sp³-hybridized carbons (Fsp3) is 0.474. The summed E-state index contributed by atoms with van der Waals surface area (Å²) in [6.07, 6.45) is 6.37. The monoisotopic (exact) mass is 337 g/mol. The van der Waals surface area contributed by atoms with E-state index in [0.717, 1.165) is 35.8 Å². The second-order valence-electron chi connectivity index (χ2n) is 7.35. The second-order valence-corrected chi connectivity index (χ2v) is 7.35. The lowest BCUT2D eigenvalue weighted by Gasteiger charge is -2.13. The molecule has 2 aromatic heterocycles. The van der Waals surface area contributed by atoms with Crippen molar-refractivity contribution < 1.29 is 4.79 Å². The van der Waals surface area contributed by atoms with Gasteiger partial charge >= 0.3 is 0 Å². The Bertz CT molecular complexity index is 924. The number of amides is 1. The van der Waals surface area contributed by atoms with Crippen LogP contribution in [0.15, 0.2) is 24.5 Å². The molecule has 0 atom stereocenters. The molecule has 130 valence electrons. The highest BCUT2D eigenvalue weighted by Crippen LogP contribution is 2.24. The molecule has 1 aliphatic rings. The van der Waals surface area contributed by atoms with Crippen molar-refractivity contribution >= 4 is 28.0 Å². The quantitative estimate of drug-likeness (QED) is 0.793. The van der Waals surface area contributed by atoms with Gasteiger partial charge in [0.25, 0.3) is 5.91 Å². The normalized spacial score (nSPS) is 15.5. The van der Waals surface area contributed by atoms with E-state index in [1.165, 1.54) is 12.8 Å². The van der Waals surface area contributed by atoms with Gasteiger partial charge in [0.2, 0.25) is 5.65 Å². The first-order valence-electron chi connectivity index (χ1n) is 9.04. The number of hydrogen-bond donors (Lipinski definition) is 1. The van der Waals surface area contributed by atoms with Gasteiger partial charge in [-0.1, -0.05) is 26.7 Å². The summed E-state index contributed by atoms with van der Waals surface area (Å²) in [5.74, 6) is 0.489. The number of carbonyl (C=O) groups is 1. The molecule has 3 aromatic rings. The number of rotatable bonds is 4. The van der Waals surface area contributed by atoms with Gasteiger partial charge < -0.3 is 9.88 Å². The van der Waals surface area contributed by atoms with Crippen LogP contribution in [-0.2, 0) is 6.54 Å². The molecule has 1 N–H and O–H groups in total. The van der Waals surface area contributed by atoms with E-state index in [0.29, 0.717) is 23.2 Å². The van der Waals surface area contributed by atoms with Crippen molar-refractivity contribution in [3.8, 4) is 0 Å². The first-order valence-corrected chi connectivity index (χ1v) is 9.04. The third-order valence-corrected chi connectivity index (χ3v) is 4.84. The number of aromatic nitrogens is 4. The van der Waals surface area contributed by atoms with Crippen LogP contribution in [0.5, 0.6) is 0 Å². The van der Waals surface area contributed by atoms with Crippen LogP contribution in [0.25, 0.3) is 22.1 Å². The van der Waals surface area contributed by atoms with E-state index in [9.17, 15) is 4.79 Å². The summed E-state index contributed by atoms with van der Waals surface area (Å²) < 4.78 is 2.11. The van der Waals surface area contributed by atoms with Crippen LogP contribution in [0, 0.1) is 5.92 Å². The van der Waals surface area contributed by atoms with Gasteiger partial charge in [-0.3, -0.25) is 4.79 Å². The van der Waals surface area contributed by atoms with Crippen LogP contribution >= 0.6 is 0 Å². The van der Waals surface area contributed by atoms with E-state index in [1.54, 1.807) is 0 Å². The minimum Gasteiger partial charge on any atom is -0.349 e. The van der Waals surface area contributed by atoms with Gasteiger partial charge in [0, 0.05) is 23.5 Å². The van der Waals surface area contributed by atoms with Gasteiger partial charge in [-0.05, 0) is 37.0 Å². The Kier molecular flexibility index (Phi) is 4.11. The Morgan fingerprint density at radius 2 is 2.08 bits per heavy atom. The van der Waals surface area contributed by atoms with Crippen molar-refractivity contribution in [2.24, 2.45) is 5.92 Å². The number of nitrogens with one attached hydrogen (secondary N) is 1. The van der Waals surface area contributed by atoms with Crippen molar-refractivity contribution in [2.75, 3.05) is 0 Å². The molecule has 0 bridgehead atoms. The predicted molar refractivity (Wildman–Crippen MR) is 97.4 cm³/mol. The fourth-order valence-electron chi connectivity index (χ4n) is 3.65. The topological polar surface area (TPSA) is 72.7 Å². The summed E-state index contributed by atoms with van der Waals surface area (Å²) in [7, 11) is 0. The first kappa shape index (κ1) is 16.0. The van der Waals surface area contributed by atoms with Crippen LogP contribution in [0.2, 0.25) is 0 Å². The highest BCUT2D eigenvalue weighted by Gasteiger charge is 2.19. The molecule has 0 unspecified atom stereocenters. The minimum atomic E-state index is -0.00585. The third kappa shape index (κ3) is 3.08. The zero-order valence-electron chi connectivity index (χ0n) is 14.7. The Morgan fingerprint density at radius 3 is 2.84 bits per heavy atom. The Hall–Kier alpha value is -2.50. The van der Waals surface area contributed by atoms with Crippen LogP contribution in [-0.4, -0.2) is 31.7 Å². The van der Waals surface area contributed by atoms with Crippen molar-refractivity contribution in [1.82, 2.24) is 25.1 Å². The second kappa shape index (κ2) is 6.43. The van der Waals surface area contributed by atoms with E-state index >= 15 is 0 Å². The number of benzene rings is 1. The molecule has 4 rings (SSSR count). The average Bonchev–Trinajstić information content (AvgIpc) is 3.24. The highest BCUT2D eigenvalue weighted by molar-refractivity contribution is 6.05. The van der Waals surface area contributed by atoms with Gasteiger partial charge in [0.05, 0.1) is 17.4 Å². The predicted octanol–water partition coefficient (Wildman–Crippen LogP) is 3.31. The van der Waals surface area contributed by atoms with Crippen molar-refractivity contribution in [3.63, 3.8) is 0 Å². The maximum absolute atomic E-state index is 12.6. The lowest BCUT2D eigenvalue weighted by atomic mass is 10.1. The molecule has 0 spiro atoms. The number of imidazole rings is 1. The minimum absolute atomic E-state index is 0.00585. The molecule has 6 nitrogen and oxygen atoms in total. The SMILES string of the molecule is CC(C)Cn1cnc2nnc3ccc(C(=O)NC4CCCC4)cc3c21. The molecule has 1 fully saturated rings. The summed E-state index contributed by atoms with van der Waals surface area (Å²) in [6, 6.07) is 5.94. The molecule has 0 aliphatic heterocycles. The molecule has 1 aliphatic carbocycles. The van der Waals surface area contributed by atoms with E-state index in [1.807, 2.05) is 24.5 Å². The molecule has 0 saturated heterocycles. The van der Waals surface area contributed by atoms with Crippen LogP contribution < -0.4 is 5.32 Å². The van der Waals surface area contributed by atoms with Gasteiger partial charge in [-0.25, -0.2) is 4.98 Å². The molecule has 6 heteroatoms. The molecule has 1 aromatic carbocycles. The maximum atomic E-state index is 12.6. The van der Waals surface area contributed by atoms with Gasteiger partial charge in [-0.15, -0.1) is 10.2 Å². The van der Waals surface area contributed by atoms with E-state index in [2.05, 4.69) is 38.9 Å². The van der Waals surface area contributed by atoms with E-state index < -0.39 is 0 Å². The summed E-state index contributed by atoms with van der Waals surface area (Å²) in [6.45, 7) is 5.20. The van der Waals surface area contributed by atoms with Crippen molar-refractivity contribution in [3.05, 3.63) is 30.1 Å². The van der Waals surface area contributed by atoms with Crippen molar-refractivity contribution in [2.45, 2.75) is 52.1 Å². The third-order valence-electron chi connectivity index (χ3n) is 4.84. The molecular weight excluding hydrogens is 314 g/mol. The average molecular weight is 337 g/mol. The summed E-state index contributed by atoms with van der Waals surface area (Å²) in [5, 5.41) is 12.5. The molecule has 25 heavy (non-hydrogen) atoms. The number of nitrogens with zero attached hydrogens (tertiary/aromatic N) is 4. The van der Waals surface area contributed by atoms with E-state index in [4.69, 9.17) is 0 Å². The Morgan fingerprint density at radius 1 is 1.28 bits per heavy atom. The number of fused-ring (bicyclic) bond motifs is 3. The lowest BCUT2D eigenvalue weighted by Crippen LogP contribution is -2.32. The maximum Gasteiger partial charge on any atom is 0.251 e. The Balaban J connectivity index is 1.76. The number of carbonyl (C=O) groups excluding carboxylic acids is 1. The Labute approximate surface area is 146 Å². The van der Waals surface area contributed by atoms with Crippen LogP contribution in [0.3, 0.4) is 0 Å². The van der Waals surface area contributed by atoms with Crippen LogP contribution in [0.1, 0.15) is 49.9 Å². The van der Waals surface area contributed by atoms with Gasteiger partial charge in [-0.2, -0.15) is 0 Å². The standard InChI is InChI=1S/C19H23N5O/c1-12(2)10-24-11-20-18-17(24)15-9-13(7-8-16(15)22-23-18)19(25)21-14-5-3-4-6-14/h7-9,11-12,14H,3-6,10H2,1-2H3,(H,21,25). The van der Waals surface area contributed by atoms with E-state index in [-0.39, 0.29) is 5.91 Å². The fourth-order valence-corrected chi connectivity index (χ4v) is 3.65. The lowest BCUT2D eigenvalue weighted by molar-refractivity contribution is 0.0938. The summed E-state index contributed by atoms with van der Waals surface area (Å²) >= 11 is 0. The van der Waals surface area contributed by atoms with Gasteiger partial charge in [0.1, 0.15) is 0 Å². The summed E-state index contributed by atoms with van der Waals surface area (Å²) in [4.78, 5) is 17.0.